The lowest BCUT2D eigenvalue weighted by atomic mass is 10.2. The minimum atomic E-state index is -0.591. The monoisotopic (exact) mass is 287 g/mol. The van der Waals surface area contributed by atoms with Gasteiger partial charge in [-0.1, -0.05) is 24.3 Å². The second-order valence-corrected chi connectivity index (χ2v) is 4.92. The van der Waals surface area contributed by atoms with Gasteiger partial charge in [-0.15, -0.1) is 0 Å². The number of amides is 1. The summed E-state index contributed by atoms with van der Waals surface area (Å²) in [5.41, 5.74) is 1.92. The number of carbonyl (C=O) groups is 1. The number of rotatable bonds is 5. The molecule has 110 valence electrons. The standard InChI is InChI=1S/C17H18FNO2/c1-12-4-3-5-16(10-12)21-13(2)17(20)19-11-14-6-8-15(18)9-7-14/h3-10,13H,11H2,1-2H3,(H,19,20)/t13-/m1/s1. The maximum Gasteiger partial charge on any atom is 0.261 e. The van der Waals surface area contributed by atoms with Gasteiger partial charge < -0.3 is 10.1 Å². The number of nitrogens with one attached hydrogen (secondary N) is 1. The number of aryl methyl sites for hydroxylation is 1. The fourth-order valence-electron chi connectivity index (χ4n) is 1.88. The Balaban J connectivity index is 1.86. The molecule has 0 radical (unpaired) electrons. The molecule has 0 unspecified atom stereocenters. The highest BCUT2D eigenvalue weighted by Gasteiger charge is 2.14. The summed E-state index contributed by atoms with van der Waals surface area (Å²) in [7, 11) is 0. The minimum Gasteiger partial charge on any atom is -0.481 e. The Bertz CT molecular complexity index is 610. The number of halogens is 1. The molecule has 0 aliphatic heterocycles. The lowest BCUT2D eigenvalue weighted by Gasteiger charge is -2.15. The van der Waals surface area contributed by atoms with E-state index in [4.69, 9.17) is 4.74 Å². The zero-order valence-electron chi connectivity index (χ0n) is 12.1. The SMILES string of the molecule is Cc1cccc(O[C@H](C)C(=O)NCc2ccc(F)cc2)c1. The van der Waals surface area contributed by atoms with Crippen molar-refractivity contribution in [2.75, 3.05) is 0 Å². The Morgan fingerprint density at radius 3 is 2.62 bits per heavy atom. The van der Waals surface area contributed by atoms with Crippen molar-refractivity contribution in [2.45, 2.75) is 26.5 Å². The number of ether oxygens (including phenoxy) is 1. The maximum atomic E-state index is 12.8. The van der Waals surface area contributed by atoms with Crippen LogP contribution in [0.2, 0.25) is 0 Å². The van der Waals surface area contributed by atoms with Gasteiger partial charge in [-0.05, 0) is 49.2 Å². The van der Waals surface area contributed by atoms with E-state index in [2.05, 4.69) is 5.32 Å². The summed E-state index contributed by atoms with van der Waals surface area (Å²) in [6.45, 7) is 4.01. The maximum absolute atomic E-state index is 12.8. The van der Waals surface area contributed by atoms with Crippen molar-refractivity contribution in [3.05, 3.63) is 65.5 Å². The summed E-state index contributed by atoms with van der Waals surface area (Å²) >= 11 is 0. The van der Waals surface area contributed by atoms with E-state index in [1.165, 1.54) is 12.1 Å². The van der Waals surface area contributed by atoms with Gasteiger partial charge in [0.05, 0.1) is 0 Å². The minimum absolute atomic E-state index is 0.208. The Hall–Kier alpha value is -2.36. The molecule has 0 saturated heterocycles. The van der Waals surface area contributed by atoms with E-state index in [9.17, 15) is 9.18 Å². The van der Waals surface area contributed by atoms with Gasteiger partial charge in [-0.25, -0.2) is 4.39 Å². The van der Waals surface area contributed by atoms with Crippen LogP contribution in [0.15, 0.2) is 48.5 Å². The van der Waals surface area contributed by atoms with Crippen LogP contribution in [-0.2, 0) is 11.3 Å². The van der Waals surface area contributed by atoms with Gasteiger partial charge in [0.2, 0.25) is 0 Å². The molecule has 0 fully saturated rings. The molecule has 0 saturated carbocycles. The first-order chi connectivity index (χ1) is 10.0. The van der Waals surface area contributed by atoms with E-state index in [1.807, 2.05) is 31.2 Å². The van der Waals surface area contributed by atoms with Crippen LogP contribution in [0.5, 0.6) is 5.75 Å². The molecule has 3 nitrogen and oxygen atoms in total. The first-order valence-electron chi connectivity index (χ1n) is 6.80. The molecule has 2 rings (SSSR count). The lowest BCUT2D eigenvalue weighted by Crippen LogP contribution is -2.35. The van der Waals surface area contributed by atoms with Crippen molar-refractivity contribution in [2.24, 2.45) is 0 Å². The molecule has 21 heavy (non-hydrogen) atoms. The zero-order valence-corrected chi connectivity index (χ0v) is 12.1. The van der Waals surface area contributed by atoms with Crippen LogP contribution in [0.3, 0.4) is 0 Å². The summed E-state index contributed by atoms with van der Waals surface area (Å²) in [5, 5.41) is 2.77. The third-order valence-electron chi connectivity index (χ3n) is 3.05. The molecule has 1 N–H and O–H groups in total. The topological polar surface area (TPSA) is 38.3 Å². The van der Waals surface area contributed by atoms with E-state index >= 15 is 0 Å². The molecule has 0 spiro atoms. The predicted molar refractivity (Wildman–Crippen MR) is 79.5 cm³/mol. The highest BCUT2D eigenvalue weighted by atomic mass is 19.1. The largest absolute Gasteiger partial charge is 0.481 e. The quantitative estimate of drug-likeness (QED) is 0.917. The Morgan fingerprint density at radius 2 is 1.95 bits per heavy atom. The number of hydrogen-bond donors (Lipinski definition) is 1. The second-order valence-electron chi connectivity index (χ2n) is 4.92. The van der Waals surface area contributed by atoms with Gasteiger partial charge in [0.15, 0.2) is 6.10 Å². The molecular formula is C17H18FNO2. The van der Waals surface area contributed by atoms with Crippen LogP contribution in [0.25, 0.3) is 0 Å². The van der Waals surface area contributed by atoms with Crippen LogP contribution in [0.4, 0.5) is 4.39 Å². The molecule has 0 aromatic heterocycles. The highest BCUT2D eigenvalue weighted by Crippen LogP contribution is 2.14. The fraction of sp³-hybridized carbons (Fsp3) is 0.235. The summed E-state index contributed by atoms with van der Waals surface area (Å²) < 4.78 is 18.4. The molecule has 1 amide bonds. The Morgan fingerprint density at radius 1 is 1.24 bits per heavy atom. The first-order valence-corrected chi connectivity index (χ1v) is 6.80. The van der Waals surface area contributed by atoms with E-state index in [0.717, 1.165) is 11.1 Å². The zero-order chi connectivity index (χ0) is 15.2. The van der Waals surface area contributed by atoms with Crippen LogP contribution < -0.4 is 10.1 Å². The molecule has 1 atom stereocenters. The van der Waals surface area contributed by atoms with Crippen LogP contribution in [-0.4, -0.2) is 12.0 Å². The van der Waals surface area contributed by atoms with E-state index < -0.39 is 6.10 Å². The van der Waals surface area contributed by atoms with Gasteiger partial charge in [0, 0.05) is 6.54 Å². The van der Waals surface area contributed by atoms with Crippen molar-refractivity contribution in [3.63, 3.8) is 0 Å². The molecule has 0 aliphatic carbocycles. The van der Waals surface area contributed by atoms with E-state index in [-0.39, 0.29) is 11.7 Å². The molecule has 0 bridgehead atoms. The molecule has 2 aromatic rings. The van der Waals surface area contributed by atoms with Crippen molar-refractivity contribution in [1.29, 1.82) is 0 Å². The first kappa shape index (κ1) is 15.0. The van der Waals surface area contributed by atoms with Crippen molar-refractivity contribution in [3.8, 4) is 5.75 Å². The molecule has 2 aromatic carbocycles. The summed E-state index contributed by atoms with van der Waals surface area (Å²) in [6, 6.07) is 13.6. The van der Waals surface area contributed by atoms with E-state index in [0.29, 0.717) is 12.3 Å². The normalized spacial score (nSPS) is 11.8. The van der Waals surface area contributed by atoms with Crippen LogP contribution in [0, 0.1) is 12.7 Å². The highest BCUT2D eigenvalue weighted by molar-refractivity contribution is 5.80. The van der Waals surface area contributed by atoms with Gasteiger partial charge in [0.25, 0.3) is 5.91 Å². The Kier molecular flexibility index (Phi) is 4.93. The van der Waals surface area contributed by atoms with E-state index in [1.54, 1.807) is 19.1 Å². The second kappa shape index (κ2) is 6.88. The van der Waals surface area contributed by atoms with Gasteiger partial charge >= 0.3 is 0 Å². The molecule has 0 aliphatic rings. The van der Waals surface area contributed by atoms with Crippen molar-refractivity contribution in [1.82, 2.24) is 5.32 Å². The molecule has 4 heteroatoms. The predicted octanol–water partition coefficient (Wildman–Crippen LogP) is 3.22. The Labute approximate surface area is 123 Å². The summed E-state index contributed by atoms with van der Waals surface area (Å²) in [5.74, 6) is 0.168. The lowest BCUT2D eigenvalue weighted by molar-refractivity contribution is -0.127. The average molecular weight is 287 g/mol. The molecule has 0 heterocycles. The van der Waals surface area contributed by atoms with Crippen molar-refractivity contribution >= 4 is 5.91 Å². The fourth-order valence-corrected chi connectivity index (χ4v) is 1.88. The number of benzene rings is 2. The van der Waals surface area contributed by atoms with Crippen LogP contribution >= 0.6 is 0 Å². The van der Waals surface area contributed by atoms with Crippen molar-refractivity contribution < 1.29 is 13.9 Å². The third kappa shape index (κ3) is 4.60. The number of hydrogen-bond acceptors (Lipinski definition) is 2. The summed E-state index contributed by atoms with van der Waals surface area (Å²) in [4.78, 5) is 12.0. The van der Waals surface area contributed by atoms with Crippen LogP contribution in [0.1, 0.15) is 18.1 Å². The summed E-state index contributed by atoms with van der Waals surface area (Å²) in [6.07, 6.45) is -0.591. The van der Waals surface area contributed by atoms with Gasteiger partial charge in [0.1, 0.15) is 11.6 Å². The smallest absolute Gasteiger partial charge is 0.261 e. The average Bonchev–Trinajstić information content (AvgIpc) is 2.46. The third-order valence-corrected chi connectivity index (χ3v) is 3.05. The van der Waals surface area contributed by atoms with Gasteiger partial charge in [-0.3, -0.25) is 4.79 Å². The molecular weight excluding hydrogens is 269 g/mol. The van der Waals surface area contributed by atoms with Gasteiger partial charge in [-0.2, -0.15) is 0 Å². The number of carbonyl (C=O) groups excluding carboxylic acids is 1.